The molecule has 0 amide bonds. The molecule has 1 N–H and O–H groups in total. The summed E-state index contributed by atoms with van der Waals surface area (Å²) in [6, 6.07) is 0. The molecule has 0 aliphatic rings. The van der Waals surface area contributed by atoms with Crippen LogP contribution >= 0.6 is 0 Å². The number of hydrogen-bond donors (Lipinski definition) is 1. The number of rotatable bonds is 8. The van der Waals surface area contributed by atoms with E-state index in [4.69, 9.17) is 9.84 Å². The maximum atomic E-state index is 11.9. The van der Waals surface area contributed by atoms with Crippen LogP contribution in [0, 0.1) is 5.92 Å². The summed E-state index contributed by atoms with van der Waals surface area (Å²) in [5.74, 6) is 1.53. The van der Waals surface area contributed by atoms with Crippen LogP contribution in [0.5, 0.6) is 0 Å². The molecule has 104 valence electrons. The van der Waals surface area contributed by atoms with Crippen molar-refractivity contribution in [2.75, 3.05) is 13.2 Å². The third-order valence-electron chi connectivity index (χ3n) is 2.31. The van der Waals surface area contributed by atoms with Crippen LogP contribution in [0.1, 0.15) is 25.5 Å². The van der Waals surface area contributed by atoms with Crippen LogP contribution in [-0.4, -0.2) is 39.5 Å². The summed E-state index contributed by atoms with van der Waals surface area (Å²) in [5, 5.41) is 16.9. The molecule has 1 aromatic rings. The Balaban J connectivity index is 2.56. The fourth-order valence-corrected chi connectivity index (χ4v) is 1.59. The minimum absolute atomic E-state index is 0.173. The second-order valence-electron chi connectivity index (χ2n) is 4.41. The molecule has 7 heteroatoms. The fraction of sp³-hybridized carbons (Fsp3) is 0.818. The maximum Gasteiger partial charge on any atom is 0.261 e. The molecule has 0 fully saturated rings. The predicted molar refractivity (Wildman–Crippen MR) is 61.3 cm³/mol. The van der Waals surface area contributed by atoms with Gasteiger partial charge < -0.3 is 14.4 Å². The van der Waals surface area contributed by atoms with Gasteiger partial charge in [-0.3, -0.25) is 0 Å². The van der Waals surface area contributed by atoms with Crippen molar-refractivity contribution < 1.29 is 18.6 Å². The van der Waals surface area contributed by atoms with Crippen LogP contribution in [-0.2, 0) is 24.3 Å². The molecule has 1 aromatic heterocycles. The first kappa shape index (κ1) is 15.0. The molecular weight excluding hydrogens is 244 g/mol. The van der Waals surface area contributed by atoms with Gasteiger partial charge in [0.2, 0.25) is 0 Å². The Bertz CT molecular complexity index is 356. The van der Waals surface area contributed by atoms with Crippen molar-refractivity contribution in [2.45, 2.75) is 39.8 Å². The van der Waals surface area contributed by atoms with Gasteiger partial charge in [0, 0.05) is 13.0 Å². The lowest BCUT2D eigenvalue weighted by atomic mass is 10.2. The second-order valence-corrected chi connectivity index (χ2v) is 4.41. The number of ether oxygens (including phenoxy) is 1. The first-order valence-corrected chi connectivity index (χ1v) is 5.92. The van der Waals surface area contributed by atoms with Crippen LogP contribution in [0.2, 0.25) is 0 Å². The quantitative estimate of drug-likeness (QED) is 0.717. The summed E-state index contributed by atoms with van der Waals surface area (Å²) in [7, 11) is 0. The molecule has 18 heavy (non-hydrogen) atoms. The number of alkyl halides is 2. The van der Waals surface area contributed by atoms with Crippen molar-refractivity contribution in [1.82, 2.24) is 14.8 Å². The maximum absolute atomic E-state index is 11.9. The predicted octanol–water partition coefficient (Wildman–Crippen LogP) is 1.25. The second kappa shape index (κ2) is 7.38. The highest BCUT2D eigenvalue weighted by atomic mass is 19.3. The summed E-state index contributed by atoms with van der Waals surface area (Å²) in [4.78, 5) is 0. The molecule has 1 rings (SSSR count). The van der Waals surface area contributed by atoms with Crippen molar-refractivity contribution in [3.63, 3.8) is 0 Å². The monoisotopic (exact) mass is 263 g/mol. The average Bonchev–Trinajstić information content (AvgIpc) is 2.66. The number of nitrogens with zero attached hydrogens (tertiary/aromatic N) is 3. The lowest BCUT2D eigenvalue weighted by Crippen LogP contribution is -2.14. The van der Waals surface area contributed by atoms with Gasteiger partial charge in [-0.2, -0.15) is 0 Å². The molecular formula is C11H19F2N3O2. The van der Waals surface area contributed by atoms with Crippen molar-refractivity contribution in [3.05, 3.63) is 11.6 Å². The number of aromatic nitrogens is 3. The van der Waals surface area contributed by atoms with E-state index in [-0.39, 0.29) is 13.2 Å². The third kappa shape index (κ3) is 4.66. The molecule has 0 unspecified atom stereocenters. The molecule has 1 heterocycles. The molecule has 0 aliphatic carbocycles. The zero-order valence-electron chi connectivity index (χ0n) is 10.6. The number of halogens is 2. The van der Waals surface area contributed by atoms with Gasteiger partial charge in [0.1, 0.15) is 19.0 Å². The number of aliphatic hydroxyl groups is 1. The third-order valence-corrected chi connectivity index (χ3v) is 2.31. The smallest absolute Gasteiger partial charge is 0.261 e. The SMILES string of the molecule is CC(C)Cn1c(CO)nnc1CCOCC(F)F. The molecule has 0 radical (unpaired) electrons. The van der Waals surface area contributed by atoms with E-state index in [1.54, 1.807) is 0 Å². The molecule has 0 aliphatic heterocycles. The standard InChI is InChI=1S/C11H19F2N3O2/c1-8(2)5-16-10(14-15-11(16)6-17)3-4-18-7-9(12)13/h8-9,17H,3-7H2,1-2H3. The zero-order chi connectivity index (χ0) is 13.5. The Kier molecular flexibility index (Phi) is 6.14. The van der Waals surface area contributed by atoms with E-state index in [1.807, 2.05) is 18.4 Å². The van der Waals surface area contributed by atoms with Crippen LogP contribution in [0.15, 0.2) is 0 Å². The lowest BCUT2D eigenvalue weighted by molar-refractivity contribution is 0.0180. The van der Waals surface area contributed by atoms with Gasteiger partial charge in [-0.1, -0.05) is 13.8 Å². The Hall–Kier alpha value is -1.08. The molecule has 5 nitrogen and oxygen atoms in total. The van der Waals surface area contributed by atoms with E-state index in [1.165, 1.54) is 0 Å². The Morgan fingerprint density at radius 3 is 2.50 bits per heavy atom. The normalized spacial score (nSPS) is 11.7. The molecule has 0 saturated heterocycles. The van der Waals surface area contributed by atoms with E-state index in [0.717, 1.165) is 0 Å². The van der Waals surface area contributed by atoms with Crippen LogP contribution in [0.25, 0.3) is 0 Å². The summed E-state index contributed by atoms with van der Waals surface area (Å²) >= 11 is 0. The Morgan fingerprint density at radius 1 is 1.28 bits per heavy atom. The van der Waals surface area contributed by atoms with E-state index in [2.05, 4.69) is 10.2 Å². The van der Waals surface area contributed by atoms with E-state index < -0.39 is 13.0 Å². The van der Waals surface area contributed by atoms with Gasteiger partial charge in [-0.15, -0.1) is 10.2 Å². The van der Waals surface area contributed by atoms with Crippen LogP contribution < -0.4 is 0 Å². The molecule has 0 spiro atoms. The van der Waals surface area contributed by atoms with Crippen LogP contribution in [0.4, 0.5) is 8.78 Å². The van der Waals surface area contributed by atoms with Gasteiger partial charge in [0.25, 0.3) is 6.43 Å². The highest BCUT2D eigenvalue weighted by Crippen LogP contribution is 2.08. The van der Waals surface area contributed by atoms with Gasteiger partial charge in [0.05, 0.1) is 6.61 Å². The minimum atomic E-state index is -2.45. The Labute approximate surface area is 105 Å². The van der Waals surface area contributed by atoms with E-state index in [0.29, 0.717) is 30.5 Å². The molecule has 0 saturated carbocycles. The highest BCUT2D eigenvalue weighted by Gasteiger charge is 2.12. The van der Waals surface area contributed by atoms with E-state index >= 15 is 0 Å². The van der Waals surface area contributed by atoms with Crippen molar-refractivity contribution in [3.8, 4) is 0 Å². The topological polar surface area (TPSA) is 60.2 Å². The van der Waals surface area contributed by atoms with Crippen molar-refractivity contribution >= 4 is 0 Å². The van der Waals surface area contributed by atoms with Crippen molar-refractivity contribution in [2.24, 2.45) is 5.92 Å². The summed E-state index contributed by atoms with van der Waals surface area (Å²) in [5.41, 5.74) is 0. The molecule has 0 atom stereocenters. The summed E-state index contributed by atoms with van der Waals surface area (Å²) in [6.45, 7) is 4.19. The number of aliphatic hydroxyl groups excluding tert-OH is 1. The number of hydrogen-bond acceptors (Lipinski definition) is 4. The highest BCUT2D eigenvalue weighted by molar-refractivity contribution is 4.95. The largest absolute Gasteiger partial charge is 0.388 e. The Morgan fingerprint density at radius 2 is 1.94 bits per heavy atom. The van der Waals surface area contributed by atoms with Gasteiger partial charge in [-0.25, -0.2) is 8.78 Å². The van der Waals surface area contributed by atoms with Gasteiger partial charge >= 0.3 is 0 Å². The first-order chi connectivity index (χ1) is 8.54. The van der Waals surface area contributed by atoms with Gasteiger partial charge in [-0.05, 0) is 5.92 Å². The zero-order valence-corrected chi connectivity index (χ0v) is 10.6. The van der Waals surface area contributed by atoms with E-state index in [9.17, 15) is 8.78 Å². The van der Waals surface area contributed by atoms with Crippen molar-refractivity contribution in [1.29, 1.82) is 0 Å². The van der Waals surface area contributed by atoms with Crippen LogP contribution in [0.3, 0.4) is 0 Å². The average molecular weight is 263 g/mol. The fourth-order valence-electron chi connectivity index (χ4n) is 1.59. The molecule has 0 bridgehead atoms. The summed E-state index contributed by atoms with van der Waals surface area (Å²) < 4.78 is 30.4. The minimum Gasteiger partial charge on any atom is -0.388 e. The molecule has 0 aromatic carbocycles. The lowest BCUT2D eigenvalue weighted by Gasteiger charge is -2.11. The van der Waals surface area contributed by atoms with Gasteiger partial charge in [0.15, 0.2) is 5.82 Å². The first-order valence-electron chi connectivity index (χ1n) is 5.92. The summed E-state index contributed by atoms with van der Waals surface area (Å²) in [6.07, 6.45) is -2.04.